The summed E-state index contributed by atoms with van der Waals surface area (Å²) < 4.78 is 25.8. The first-order valence-corrected chi connectivity index (χ1v) is 7.09. The van der Waals surface area contributed by atoms with Gasteiger partial charge in [-0.3, -0.25) is 4.79 Å². The SMILES string of the molecule is C[C@@H]1CCC2(CCN(C(=O)[C@H]3CC3(F)F)CC2)C1. The van der Waals surface area contributed by atoms with Gasteiger partial charge < -0.3 is 4.90 Å². The van der Waals surface area contributed by atoms with E-state index < -0.39 is 11.8 Å². The van der Waals surface area contributed by atoms with Crippen LogP contribution in [0.4, 0.5) is 8.78 Å². The predicted octanol–water partition coefficient (Wildman–Crippen LogP) is 3.07. The van der Waals surface area contributed by atoms with Crippen molar-refractivity contribution >= 4 is 5.91 Å². The van der Waals surface area contributed by atoms with Crippen LogP contribution in [0.3, 0.4) is 0 Å². The number of nitrogens with zero attached hydrogens (tertiary/aromatic N) is 1. The molecule has 3 aliphatic rings. The van der Waals surface area contributed by atoms with Crippen molar-refractivity contribution in [2.24, 2.45) is 17.3 Å². The van der Waals surface area contributed by atoms with Crippen LogP contribution in [0.5, 0.6) is 0 Å². The second-order valence-corrected chi connectivity index (χ2v) is 6.69. The van der Waals surface area contributed by atoms with Gasteiger partial charge in [0, 0.05) is 19.5 Å². The molecule has 2 aliphatic carbocycles. The molecule has 18 heavy (non-hydrogen) atoms. The van der Waals surface area contributed by atoms with E-state index >= 15 is 0 Å². The first-order chi connectivity index (χ1) is 8.42. The van der Waals surface area contributed by atoms with E-state index in [0.29, 0.717) is 18.5 Å². The molecule has 1 saturated heterocycles. The van der Waals surface area contributed by atoms with Gasteiger partial charge in [-0.1, -0.05) is 13.3 Å². The molecule has 1 aliphatic heterocycles. The quantitative estimate of drug-likeness (QED) is 0.707. The Labute approximate surface area is 107 Å². The normalized spacial score (nSPS) is 36.9. The lowest BCUT2D eigenvalue weighted by Gasteiger charge is -2.39. The van der Waals surface area contributed by atoms with Gasteiger partial charge in [0.25, 0.3) is 5.92 Å². The molecule has 1 amide bonds. The van der Waals surface area contributed by atoms with Crippen LogP contribution in [-0.2, 0) is 4.79 Å². The van der Waals surface area contributed by atoms with Gasteiger partial charge in [-0.05, 0) is 37.0 Å². The van der Waals surface area contributed by atoms with Crippen LogP contribution in [0.2, 0.25) is 0 Å². The number of hydrogen-bond donors (Lipinski definition) is 0. The number of likely N-dealkylation sites (tertiary alicyclic amines) is 1. The van der Waals surface area contributed by atoms with Crippen LogP contribution in [-0.4, -0.2) is 29.8 Å². The molecule has 0 bridgehead atoms. The maximum atomic E-state index is 12.9. The highest BCUT2D eigenvalue weighted by molar-refractivity contribution is 5.83. The molecule has 0 N–H and O–H groups in total. The number of alkyl halides is 2. The minimum Gasteiger partial charge on any atom is -0.342 e. The summed E-state index contributed by atoms with van der Waals surface area (Å²) in [7, 11) is 0. The Morgan fingerprint density at radius 3 is 2.22 bits per heavy atom. The summed E-state index contributed by atoms with van der Waals surface area (Å²) in [5, 5.41) is 0. The maximum Gasteiger partial charge on any atom is 0.260 e. The van der Waals surface area contributed by atoms with E-state index in [9.17, 15) is 13.6 Å². The number of rotatable bonds is 1. The lowest BCUT2D eigenvalue weighted by molar-refractivity contribution is -0.137. The summed E-state index contributed by atoms with van der Waals surface area (Å²) >= 11 is 0. The minimum atomic E-state index is -2.71. The van der Waals surface area contributed by atoms with E-state index in [1.807, 2.05) is 0 Å². The first kappa shape index (κ1) is 12.4. The fourth-order valence-electron chi connectivity index (χ4n) is 3.85. The Hall–Kier alpha value is -0.670. The van der Waals surface area contributed by atoms with Crippen molar-refractivity contribution in [1.82, 2.24) is 4.90 Å². The molecule has 0 unspecified atom stereocenters. The maximum absolute atomic E-state index is 12.9. The molecule has 0 aromatic rings. The summed E-state index contributed by atoms with van der Waals surface area (Å²) in [5.41, 5.74) is 0.419. The fraction of sp³-hybridized carbons (Fsp3) is 0.929. The van der Waals surface area contributed by atoms with Gasteiger partial charge >= 0.3 is 0 Å². The van der Waals surface area contributed by atoms with Crippen molar-refractivity contribution in [3.05, 3.63) is 0 Å². The average Bonchev–Trinajstić information content (AvgIpc) is 2.81. The molecule has 102 valence electrons. The Balaban J connectivity index is 1.56. The number of piperidine rings is 1. The van der Waals surface area contributed by atoms with Crippen LogP contribution in [0, 0.1) is 17.3 Å². The van der Waals surface area contributed by atoms with E-state index in [2.05, 4.69) is 6.92 Å². The van der Waals surface area contributed by atoms with E-state index in [0.717, 1.165) is 18.8 Å². The lowest BCUT2D eigenvalue weighted by atomic mass is 9.76. The lowest BCUT2D eigenvalue weighted by Crippen LogP contribution is -2.43. The van der Waals surface area contributed by atoms with Crippen molar-refractivity contribution in [3.63, 3.8) is 0 Å². The van der Waals surface area contributed by atoms with E-state index in [-0.39, 0.29) is 12.3 Å². The molecule has 0 radical (unpaired) electrons. The molecule has 3 fully saturated rings. The smallest absolute Gasteiger partial charge is 0.260 e. The van der Waals surface area contributed by atoms with Gasteiger partial charge in [0.05, 0.1) is 0 Å². The van der Waals surface area contributed by atoms with Crippen molar-refractivity contribution in [2.45, 2.75) is 51.4 Å². The van der Waals surface area contributed by atoms with Crippen LogP contribution >= 0.6 is 0 Å². The topological polar surface area (TPSA) is 20.3 Å². The third-order valence-electron chi connectivity index (χ3n) is 5.21. The highest BCUT2D eigenvalue weighted by atomic mass is 19.3. The number of carbonyl (C=O) groups excluding carboxylic acids is 1. The fourth-order valence-corrected chi connectivity index (χ4v) is 3.85. The van der Waals surface area contributed by atoms with Gasteiger partial charge in [-0.2, -0.15) is 0 Å². The zero-order valence-electron chi connectivity index (χ0n) is 10.9. The Morgan fingerprint density at radius 1 is 1.17 bits per heavy atom. The van der Waals surface area contributed by atoms with Crippen LogP contribution < -0.4 is 0 Å². The summed E-state index contributed by atoms with van der Waals surface area (Å²) in [6.07, 6.45) is 5.60. The van der Waals surface area contributed by atoms with Gasteiger partial charge in [0.2, 0.25) is 5.91 Å². The van der Waals surface area contributed by atoms with Gasteiger partial charge in [-0.25, -0.2) is 8.78 Å². The highest BCUT2D eigenvalue weighted by Crippen LogP contribution is 2.52. The zero-order chi connectivity index (χ0) is 13.0. The zero-order valence-corrected chi connectivity index (χ0v) is 10.9. The number of amides is 1. The molecule has 2 saturated carbocycles. The molecular formula is C14H21F2NO. The molecule has 2 atom stereocenters. The van der Waals surface area contributed by atoms with E-state index in [1.165, 1.54) is 19.3 Å². The summed E-state index contributed by atoms with van der Waals surface area (Å²) in [4.78, 5) is 13.6. The molecule has 1 spiro atoms. The number of hydrogen-bond acceptors (Lipinski definition) is 1. The molecule has 2 nitrogen and oxygen atoms in total. The summed E-state index contributed by atoms with van der Waals surface area (Å²) in [6.45, 7) is 3.67. The Kier molecular flexibility index (Phi) is 2.69. The Bertz CT molecular complexity index is 361. The van der Waals surface area contributed by atoms with Crippen molar-refractivity contribution < 1.29 is 13.6 Å². The monoisotopic (exact) mass is 257 g/mol. The molecule has 0 aromatic heterocycles. The molecule has 0 aromatic carbocycles. The molecular weight excluding hydrogens is 236 g/mol. The van der Waals surface area contributed by atoms with Crippen molar-refractivity contribution in [3.8, 4) is 0 Å². The second-order valence-electron chi connectivity index (χ2n) is 6.69. The third kappa shape index (κ3) is 2.04. The second kappa shape index (κ2) is 3.91. The van der Waals surface area contributed by atoms with Gasteiger partial charge in [0.15, 0.2) is 0 Å². The average molecular weight is 257 g/mol. The van der Waals surface area contributed by atoms with Crippen molar-refractivity contribution in [2.75, 3.05) is 13.1 Å². The molecule has 1 heterocycles. The van der Waals surface area contributed by atoms with Crippen molar-refractivity contribution in [1.29, 1.82) is 0 Å². The molecule has 3 rings (SSSR count). The van der Waals surface area contributed by atoms with Crippen LogP contribution in [0.25, 0.3) is 0 Å². The third-order valence-corrected chi connectivity index (χ3v) is 5.21. The van der Waals surface area contributed by atoms with E-state index in [4.69, 9.17) is 0 Å². The van der Waals surface area contributed by atoms with Gasteiger partial charge in [-0.15, -0.1) is 0 Å². The van der Waals surface area contributed by atoms with Crippen LogP contribution in [0.1, 0.15) is 45.4 Å². The first-order valence-electron chi connectivity index (χ1n) is 7.09. The Morgan fingerprint density at radius 2 is 1.78 bits per heavy atom. The molecule has 4 heteroatoms. The van der Waals surface area contributed by atoms with Gasteiger partial charge in [0.1, 0.15) is 5.92 Å². The van der Waals surface area contributed by atoms with Crippen LogP contribution in [0.15, 0.2) is 0 Å². The summed E-state index contributed by atoms with van der Waals surface area (Å²) in [6, 6.07) is 0. The number of carbonyl (C=O) groups is 1. The largest absolute Gasteiger partial charge is 0.342 e. The minimum absolute atomic E-state index is 0.232. The summed E-state index contributed by atoms with van der Waals surface area (Å²) in [5.74, 6) is -3.23. The van der Waals surface area contributed by atoms with E-state index in [1.54, 1.807) is 4.90 Å². The standard InChI is InChI=1S/C14H21F2NO/c1-10-2-3-13(8-10)4-6-17(7-5-13)12(18)11-9-14(11,15)16/h10-11H,2-9H2,1H3/t10-,11-/m1/s1. The predicted molar refractivity (Wildman–Crippen MR) is 64.3 cm³/mol. The number of halogens is 2. The highest BCUT2D eigenvalue weighted by Gasteiger charge is 2.62.